The lowest BCUT2D eigenvalue weighted by Crippen LogP contribution is -2.29. The maximum absolute atomic E-state index is 4.53. The average Bonchev–Trinajstić information content (AvgIpc) is 2.93. The number of nitrogens with one attached hydrogen (secondary N) is 1. The molecule has 0 bridgehead atoms. The van der Waals surface area contributed by atoms with E-state index in [0.29, 0.717) is 5.92 Å². The zero-order valence-corrected chi connectivity index (χ0v) is 11.9. The lowest BCUT2D eigenvalue weighted by Gasteiger charge is -2.14. The van der Waals surface area contributed by atoms with Crippen molar-refractivity contribution in [2.45, 2.75) is 39.2 Å². The van der Waals surface area contributed by atoms with Gasteiger partial charge in [0, 0.05) is 38.4 Å². The van der Waals surface area contributed by atoms with Crippen molar-refractivity contribution in [3.63, 3.8) is 0 Å². The highest BCUT2D eigenvalue weighted by Crippen LogP contribution is 2.16. The maximum Gasteiger partial charge on any atom is 0.0694 e. The minimum Gasteiger partial charge on any atom is -0.311 e. The molecule has 102 valence electrons. The molecule has 0 aromatic carbocycles. The molecule has 2 heterocycles. The van der Waals surface area contributed by atoms with Crippen molar-refractivity contribution < 1.29 is 0 Å². The number of hydrogen-bond donors (Lipinski definition) is 1. The Hall–Kier alpha value is -0.870. The van der Waals surface area contributed by atoms with Crippen LogP contribution in [0.4, 0.5) is 0 Å². The molecule has 0 amide bonds. The second-order valence-electron chi connectivity index (χ2n) is 5.59. The van der Waals surface area contributed by atoms with Crippen LogP contribution >= 0.6 is 0 Å². The van der Waals surface area contributed by atoms with Crippen LogP contribution in [0.2, 0.25) is 0 Å². The SMILES string of the molecule is CC(C)c1nn(C)cc1CNCCN1CCCC1. The standard InChI is InChI=1S/C14H26N4/c1-12(2)14-13(11-17(3)16-14)10-15-6-9-18-7-4-5-8-18/h11-12,15H,4-10H2,1-3H3. The summed E-state index contributed by atoms with van der Waals surface area (Å²) in [5.41, 5.74) is 2.57. The van der Waals surface area contributed by atoms with E-state index in [1.54, 1.807) is 0 Å². The molecule has 18 heavy (non-hydrogen) atoms. The third kappa shape index (κ3) is 3.56. The zero-order valence-electron chi connectivity index (χ0n) is 11.9. The molecular formula is C14H26N4. The third-order valence-electron chi connectivity index (χ3n) is 3.60. The summed E-state index contributed by atoms with van der Waals surface area (Å²) in [6.45, 7) is 10.2. The van der Waals surface area contributed by atoms with E-state index in [2.05, 4.69) is 35.4 Å². The van der Waals surface area contributed by atoms with Gasteiger partial charge in [0.05, 0.1) is 5.69 Å². The Bertz CT molecular complexity index is 364. The normalized spacial score (nSPS) is 16.9. The molecule has 2 rings (SSSR count). The topological polar surface area (TPSA) is 33.1 Å². The van der Waals surface area contributed by atoms with Crippen molar-refractivity contribution >= 4 is 0 Å². The minimum absolute atomic E-state index is 0.501. The average molecular weight is 250 g/mol. The first-order valence-corrected chi connectivity index (χ1v) is 7.12. The van der Waals surface area contributed by atoms with E-state index < -0.39 is 0 Å². The van der Waals surface area contributed by atoms with Crippen LogP contribution in [0, 0.1) is 0 Å². The molecule has 1 aliphatic rings. The molecule has 1 aromatic rings. The van der Waals surface area contributed by atoms with Gasteiger partial charge < -0.3 is 10.2 Å². The fourth-order valence-corrected chi connectivity index (χ4v) is 2.64. The number of likely N-dealkylation sites (tertiary alicyclic amines) is 1. The van der Waals surface area contributed by atoms with Gasteiger partial charge in [-0.3, -0.25) is 4.68 Å². The molecule has 1 aliphatic heterocycles. The molecule has 4 heteroatoms. The van der Waals surface area contributed by atoms with E-state index in [0.717, 1.165) is 13.1 Å². The van der Waals surface area contributed by atoms with Crippen LogP contribution in [0.15, 0.2) is 6.20 Å². The molecular weight excluding hydrogens is 224 g/mol. The molecule has 1 fully saturated rings. The van der Waals surface area contributed by atoms with Gasteiger partial charge in [-0.2, -0.15) is 5.10 Å². The molecule has 0 saturated carbocycles. The van der Waals surface area contributed by atoms with Crippen molar-refractivity contribution in [2.75, 3.05) is 26.2 Å². The summed E-state index contributed by atoms with van der Waals surface area (Å²) in [4.78, 5) is 2.54. The van der Waals surface area contributed by atoms with Crippen LogP contribution < -0.4 is 5.32 Å². The minimum atomic E-state index is 0.501. The van der Waals surface area contributed by atoms with Crippen molar-refractivity contribution in [1.29, 1.82) is 0 Å². The van der Waals surface area contributed by atoms with Crippen LogP contribution in [0.1, 0.15) is 43.9 Å². The molecule has 0 aliphatic carbocycles. The van der Waals surface area contributed by atoms with Crippen molar-refractivity contribution in [3.8, 4) is 0 Å². The lowest BCUT2D eigenvalue weighted by molar-refractivity contribution is 0.335. The fraction of sp³-hybridized carbons (Fsp3) is 0.786. The summed E-state index contributed by atoms with van der Waals surface area (Å²) < 4.78 is 1.92. The van der Waals surface area contributed by atoms with Crippen LogP contribution in [0.5, 0.6) is 0 Å². The molecule has 1 N–H and O–H groups in total. The van der Waals surface area contributed by atoms with Gasteiger partial charge in [-0.05, 0) is 31.8 Å². The summed E-state index contributed by atoms with van der Waals surface area (Å²) in [6, 6.07) is 0. The molecule has 0 unspecified atom stereocenters. The molecule has 0 spiro atoms. The summed E-state index contributed by atoms with van der Waals surface area (Å²) in [5.74, 6) is 0.501. The van der Waals surface area contributed by atoms with Gasteiger partial charge in [-0.25, -0.2) is 0 Å². The highest BCUT2D eigenvalue weighted by Gasteiger charge is 2.12. The fourth-order valence-electron chi connectivity index (χ4n) is 2.64. The van der Waals surface area contributed by atoms with E-state index in [1.807, 2.05) is 11.7 Å². The lowest BCUT2D eigenvalue weighted by atomic mass is 10.1. The summed E-state index contributed by atoms with van der Waals surface area (Å²) in [7, 11) is 2.00. The van der Waals surface area contributed by atoms with E-state index in [1.165, 1.54) is 43.7 Å². The van der Waals surface area contributed by atoms with Crippen LogP contribution in [-0.4, -0.2) is 40.9 Å². The number of hydrogen-bond acceptors (Lipinski definition) is 3. The first-order valence-electron chi connectivity index (χ1n) is 7.12. The van der Waals surface area contributed by atoms with E-state index in [9.17, 15) is 0 Å². The summed E-state index contributed by atoms with van der Waals surface area (Å²) >= 11 is 0. The highest BCUT2D eigenvalue weighted by molar-refractivity contribution is 5.19. The monoisotopic (exact) mass is 250 g/mol. The Kier molecular flexibility index (Phi) is 4.78. The second-order valence-corrected chi connectivity index (χ2v) is 5.59. The Labute approximate surface area is 110 Å². The van der Waals surface area contributed by atoms with E-state index in [-0.39, 0.29) is 0 Å². The van der Waals surface area contributed by atoms with Gasteiger partial charge in [-0.1, -0.05) is 13.8 Å². The highest BCUT2D eigenvalue weighted by atomic mass is 15.3. The molecule has 1 saturated heterocycles. The van der Waals surface area contributed by atoms with E-state index in [4.69, 9.17) is 0 Å². The Balaban J connectivity index is 1.75. The van der Waals surface area contributed by atoms with Gasteiger partial charge in [0.25, 0.3) is 0 Å². The third-order valence-corrected chi connectivity index (χ3v) is 3.60. The number of aromatic nitrogens is 2. The Morgan fingerprint density at radius 2 is 2.06 bits per heavy atom. The summed E-state index contributed by atoms with van der Waals surface area (Å²) in [5, 5.41) is 8.07. The predicted octanol–water partition coefficient (Wildman–Crippen LogP) is 1.73. The first-order chi connectivity index (χ1) is 8.66. The zero-order chi connectivity index (χ0) is 13.0. The quantitative estimate of drug-likeness (QED) is 0.781. The van der Waals surface area contributed by atoms with Gasteiger partial charge in [0.1, 0.15) is 0 Å². The first kappa shape index (κ1) is 13.6. The molecule has 1 aromatic heterocycles. The van der Waals surface area contributed by atoms with Gasteiger partial charge in [-0.15, -0.1) is 0 Å². The summed E-state index contributed by atoms with van der Waals surface area (Å²) in [6.07, 6.45) is 4.89. The smallest absolute Gasteiger partial charge is 0.0694 e. The number of rotatable bonds is 6. The van der Waals surface area contributed by atoms with Crippen molar-refractivity contribution in [3.05, 3.63) is 17.5 Å². The predicted molar refractivity (Wildman–Crippen MR) is 74.7 cm³/mol. The van der Waals surface area contributed by atoms with E-state index >= 15 is 0 Å². The van der Waals surface area contributed by atoms with Gasteiger partial charge in [0.15, 0.2) is 0 Å². The Morgan fingerprint density at radius 1 is 1.33 bits per heavy atom. The molecule has 0 atom stereocenters. The largest absolute Gasteiger partial charge is 0.311 e. The van der Waals surface area contributed by atoms with Crippen LogP contribution in [0.25, 0.3) is 0 Å². The maximum atomic E-state index is 4.53. The Morgan fingerprint density at radius 3 is 2.72 bits per heavy atom. The molecule has 0 radical (unpaired) electrons. The van der Waals surface area contributed by atoms with Crippen molar-refractivity contribution in [2.24, 2.45) is 7.05 Å². The van der Waals surface area contributed by atoms with Gasteiger partial charge >= 0.3 is 0 Å². The van der Waals surface area contributed by atoms with Crippen molar-refractivity contribution in [1.82, 2.24) is 20.0 Å². The molecule has 4 nitrogen and oxygen atoms in total. The van der Waals surface area contributed by atoms with Crippen LogP contribution in [0.3, 0.4) is 0 Å². The van der Waals surface area contributed by atoms with Crippen LogP contribution in [-0.2, 0) is 13.6 Å². The number of aryl methyl sites for hydroxylation is 1. The second kappa shape index (κ2) is 6.34. The number of nitrogens with zero attached hydrogens (tertiary/aromatic N) is 3. The van der Waals surface area contributed by atoms with Gasteiger partial charge in [0.2, 0.25) is 0 Å².